The Hall–Kier alpha value is -10.5. The molecule has 1 atom stereocenters. The Labute approximate surface area is 478 Å². The van der Waals surface area contributed by atoms with Crippen LogP contribution in [0.3, 0.4) is 0 Å². The van der Waals surface area contributed by atoms with Gasteiger partial charge in [0.05, 0.1) is 22.2 Å². The smallest absolute Gasteiger partial charge is 0.0754 e. The number of benzene rings is 13. The Kier molecular flexibility index (Phi) is 10.2. The molecule has 0 bridgehead atoms. The van der Waals surface area contributed by atoms with Crippen molar-refractivity contribution in [2.45, 2.75) is 10.8 Å². The molecule has 0 aromatic heterocycles. The molecule has 13 aromatic rings. The molecule has 1 heterocycles. The average Bonchev–Trinajstić information content (AvgIpc) is 1.60. The average molecular weight is 1040 g/mol. The van der Waals surface area contributed by atoms with Crippen molar-refractivity contribution < 1.29 is 0 Å². The monoisotopic (exact) mass is 1040 g/mol. The quantitative estimate of drug-likeness (QED) is 0.150. The minimum absolute atomic E-state index is 0.469. The van der Waals surface area contributed by atoms with Gasteiger partial charge in [0.25, 0.3) is 0 Å². The van der Waals surface area contributed by atoms with Gasteiger partial charge in [-0.05, 0) is 161 Å². The van der Waals surface area contributed by atoms with E-state index in [1.54, 1.807) is 0 Å². The second-order valence-corrected chi connectivity index (χ2v) is 22.2. The van der Waals surface area contributed by atoms with Crippen molar-refractivity contribution in [3.05, 3.63) is 360 Å². The van der Waals surface area contributed by atoms with Crippen LogP contribution in [0, 0.1) is 0 Å². The van der Waals surface area contributed by atoms with Crippen molar-refractivity contribution in [1.82, 2.24) is 0 Å². The number of hydrogen-bond acceptors (Lipinski definition) is 2. The first kappa shape index (κ1) is 46.4. The molecule has 1 unspecified atom stereocenters. The van der Waals surface area contributed by atoms with Gasteiger partial charge in [0, 0.05) is 33.9 Å². The van der Waals surface area contributed by atoms with Crippen molar-refractivity contribution in [3.8, 4) is 66.8 Å². The molecule has 3 aliphatic carbocycles. The molecule has 4 aliphatic rings. The van der Waals surface area contributed by atoms with Crippen LogP contribution >= 0.6 is 0 Å². The molecule has 1 aliphatic heterocycles. The first-order chi connectivity index (χ1) is 40.7. The summed E-state index contributed by atoms with van der Waals surface area (Å²) in [6.45, 7) is 0. The lowest BCUT2D eigenvalue weighted by atomic mass is 9.64. The van der Waals surface area contributed by atoms with Crippen LogP contribution in [0.1, 0.15) is 44.5 Å². The zero-order valence-corrected chi connectivity index (χ0v) is 44.9. The first-order valence-corrected chi connectivity index (χ1v) is 28.6. The van der Waals surface area contributed by atoms with Gasteiger partial charge >= 0.3 is 0 Å². The molecule has 382 valence electrons. The summed E-state index contributed by atoms with van der Waals surface area (Å²) in [5.74, 6) is 0. The molecule has 82 heavy (non-hydrogen) atoms. The number of hydrogen-bond donors (Lipinski definition) is 0. The Morgan fingerprint density at radius 1 is 0.244 bits per heavy atom. The summed E-state index contributed by atoms with van der Waals surface area (Å²) in [5.41, 5.74) is 31.0. The number of para-hydroxylation sites is 2. The van der Waals surface area contributed by atoms with Gasteiger partial charge in [-0.3, -0.25) is 0 Å². The van der Waals surface area contributed by atoms with E-state index in [2.05, 4.69) is 325 Å². The van der Waals surface area contributed by atoms with Gasteiger partial charge in [0.1, 0.15) is 0 Å². The van der Waals surface area contributed by atoms with Crippen LogP contribution in [0.4, 0.5) is 34.1 Å². The Bertz CT molecular complexity index is 4620. The van der Waals surface area contributed by atoms with E-state index in [0.29, 0.717) is 0 Å². The van der Waals surface area contributed by atoms with E-state index in [0.717, 1.165) is 28.3 Å². The highest BCUT2D eigenvalue weighted by molar-refractivity contribution is 6.05. The lowest BCUT2D eigenvalue weighted by Gasteiger charge is -2.45. The summed E-state index contributed by atoms with van der Waals surface area (Å²) in [5, 5.41) is 0. The molecule has 2 heteroatoms. The summed E-state index contributed by atoms with van der Waals surface area (Å²) in [4.78, 5) is 4.99. The molecule has 0 fully saturated rings. The molecule has 13 aromatic carbocycles. The molecule has 0 N–H and O–H groups in total. The summed E-state index contributed by atoms with van der Waals surface area (Å²) in [6, 6.07) is 118. The second-order valence-electron chi connectivity index (χ2n) is 22.2. The fourth-order valence-electron chi connectivity index (χ4n) is 15.0. The maximum Gasteiger partial charge on any atom is 0.0754 e. The van der Waals surface area contributed by atoms with Gasteiger partial charge in [0.15, 0.2) is 0 Å². The van der Waals surface area contributed by atoms with Crippen LogP contribution in [-0.4, -0.2) is 0 Å². The predicted molar refractivity (Wildman–Crippen MR) is 339 cm³/mol. The molecule has 0 saturated heterocycles. The van der Waals surface area contributed by atoms with Crippen LogP contribution in [0.5, 0.6) is 0 Å². The standard InChI is InChI=1S/C80H52N2/c1-5-22-53(23-6-1)56-26-21-31-61(50-56)81(62-45-47-67-66-34-15-18-37-72(66)80(75(67)52-62)70-35-16-13-32-64(70)65-33-14-17-36-71(65)80)60-43-40-54(41-44-60)57-42-46-68-69-49-48-63(55-24-7-2-8-25-55)78-77(69)79(74(68)51-57,58-27-9-3-10-28-58)73-38-19-20-39-76(73)82(78)59-29-11-4-12-30-59/h1-52H. The molecular formula is C80H52N2. The fraction of sp³-hybridized carbons (Fsp3) is 0.0250. The first-order valence-electron chi connectivity index (χ1n) is 28.6. The van der Waals surface area contributed by atoms with Gasteiger partial charge in [0.2, 0.25) is 0 Å². The zero-order valence-electron chi connectivity index (χ0n) is 44.9. The minimum atomic E-state index is -0.616. The molecule has 0 saturated carbocycles. The zero-order chi connectivity index (χ0) is 53.9. The van der Waals surface area contributed by atoms with Crippen LogP contribution in [-0.2, 0) is 10.8 Å². The Balaban J connectivity index is 0.849. The highest BCUT2D eigenvalue weighted by Gasteiger charge is 2.54. The predicted octanol–water partition coefficient (Wildman–Crippen LogP) is 20.6. The van der Waals surface area contributed by atoms with E-state index in [4.69, 9.17) is 0 Å². The van der Waals surface area contributed by atoms with Gasteiger partial charge < -0.3 is 9.80 Å². The summed E-state index contributed by atoms with van der Waals surface area (Å²) >= 11 is 0. The largest absolute Gasteiger partial charge is 0.310 e. The van der Waals surface area contributed by atoms with Crippen molar-refractivity contribution >= 4 is 34.1 Å². The molecule has 0 radical (unpaired) electrons. The maximum absolute atomic E-state index is 2.52. The van der Waals surface area contributed by atoms with E-state index < -0.39 is 10.8 Å². The Morgan fingerprint density at radius 2 is 0.683 bits per heavy atom. The summed E-state index contributed by atoms with van der Waals surface area (Å²) in [6.07, 6.45) is 0. The second kappa shape index (κ2) is 18.0. The number of anilines is 6. The normalized spacial score (nSPS) is 15.0. The topological polar surface area (TPSA) is 6.48 Å². The van der Waals surface area contributed by atoms with Crippen molar-refractivity contribution in [3.63, 3.8) is 0 Å². The molecular weight excluding hydrogens is 989 g/mol. The minimum Gasteiger partial charge on any atom is -0.310 e. The van der Waals surface area contributed by atoms with Gasteiger partial charge in [-0.25, -0.2) is 0 Å². The molecule has 17 rings (SSSR count). The van der Waals surface area contributed by atoms with Crippen molar-refractivity contribution in [2.75, 3.05) is 9.80 Å². The third kappa shape index (κ3) is 6.46. The van der Waals surface area contributed by atoms with E-state index in [9.17, 15) is 0 Å². The number of rotatable bonds is 8. The number of fused-ring (bicyclic) bond motifs is 15. The summed E-state index contributed by atoms with van der Waals surface area (Å²) < 4.78 is 0. The SMILES string of the molecule is c1ccc(-c2cccc(N(c3ccc(-c4ccc5c(c4)C4(c6ccccc6)c6ccccc6N(c6ccccc6)c6c(-c7ccccc7)ccc-5c64)cc3)c3ccc4c(c3)C3(c5ccccc5-c5ccccc53)c3ccccc3-4)c2)cc1. The molecule has 2 nitrogen and oxygen atoms in total. The molecule has 0 amide bonds. The number of nitrogens with zero attached hydrogens (tertiary/aromatic N) is 2. The van der Waals surface area contributed by atoms with E-state index in [-0.39, 0.29) is 0 Å². The Morgan fingerprint density at radius 3 is 1.35 bits per heavy atom. The van der Waals surface area contributed by atoms with Gasteiger partial charge in [-0.1, -0.05) is 255 Å². The molecule has 1 spiro atoms. The third-order valence-corrected chi connectivity index (χ3v) is 18.3. The van der Waals surface area contributed by atoms with Crippen LogP contribution in [0.15, 0.2) is 315 Å². The maximum atomic E-state index is 2.52. The lowest BCUT2D eigenvalue weighted by Crippen LogP contribution is -2.36. The van der Waals surface area contributed by atoms with E-state index in [1.165, 1.54) is 117 Å². The van der Waals surface area contributed by atoms with Crippen LogP contribution < -0.4 is 9.80 Å². The highest BCUT2D eigenvalue weighted by Crippen LogP contribution is 2.67. The lowest BCUT2D eigenvalue weighted by molar-refractivity contribution is 0.754. The van der Waals surface area contributed by atoms with E-state index >= 15 is 0 Å². The highest BCUT2D eigenvalue weighted by atomic mass is 15.2. The third-order valence-electron chi connectivity index (χ3n) is 18.3. The van der Waals surface area contributed by atoms with E-state index in [1.807, 2.05) is 0 Å². The van der Waals surface area contributed by atoms with Crippen molar-refractivity contribution in [2.24, 2.45) is 0 Å². The van der Waals surface area contributed by atoms with Crippen LogP contribution in [0.2, 0.25) is 0 Å². The van der Waals surface area contributed by atoms with Gasteiger partial charge in [-0.15, -0.1) is 0 Å². The van der Waals surface area contributed by atoms with Crippen molar-refractivity contribution in [1.29, 1.82) is 0 Å². The fourth-order valence-corrected chi connectivity index (χ4v) is 15.0. The summed E-state index contributed by atoms with van der Waals surface area (Å²) in [7, 11) is 0. The van der Waals surface area contributed by atoms with Crippen LogP contribution in [0.25, 0.3) is 66.8 Å². The van der Waals surface area contributed by atoms with Gasteiger partial charge in [-0.2, -0.15) is 0 Å².